The minimum atomic E-state index is 0. The van der Waals surface area contributed by atoms with Crippen molar-refractivity contribution in [1.29, 1.82) is 0 Å². The third-order valence-corrected chi connectivity index (χ3v) is 0.283. The second-order valence-electron chi connectivity index (χ2n) is 0.591. The van der Waals surface area contributed by atoms with Gasteiger partial charge in [0.2, 0.25) is 0 Å². The SMILES string of the molecule is Cl.c1cnon1. The van der Waals surface area contributed by atoms with Crippen LogP contribution in [0.25, 0.3) is 0 Å². The second-order valence-corrected chi connectivity index (χ2v) is 0.591. The fourth-order valence-electron chi connectivity index (χ4n) is 0.136. The number of halogens is 1. The van der Waals surface area contributed by atoms with Crippen molar-refractivity contribution in [2.24, 2.45) is 0 Å². The molecule has 0 aliphatic carbocycles. The van der Waals surface area contributed by atoms with Crippen LogP contribution in [0.2, 0.25) is 0 Å². The molecule has 34 valence electrons. The van der Waals surface area contributed by atoms with E-state index in [4.69, 9.17) is 0 Å². The zero-order chi connectivity index (χ0) is 3.54. The van der Waals surface area contributed by atoms with Crippen LogP contribution in [-0.4, -0.2) is 10.3 Å². The van der Waals surface area contributed by atoms with Crippen LogP contribution >= 0.6 is 12.4 Å². The van der Waals surface area contributed by atoms with Gasteiger partial charge in [-0.25, -0.2) is 4.63 Å². The molecule has 1 aromatic rings. The molecule has 0 aliphatic rings. The van der Waals surface area contributed by atoms with Gasteiger partial charge in [0.05, 0.1) is 12.4 Å². The molecule has 0 amide bonds. The highest BCUT2D eigenvalue weighted by Crippen LogP contribution is 1.62. The van der Waals surface area contributed by atoms with E-state index in [1.165, 1.54) is 12.4 Å². The lowest BCUT2D eigenvalue weighted by molar-refractivity contribution is 0.307. The average molecular weight is 107 g/mol. The van der Waals surface area contributed by atoms with E-state index in [-0.39, 0.29) is 12.4 Å². The number of nitrogens with zero attached hydrogens (tertiary/aromatic N) is 2. The van der Waals surface area contributed by atoms with E-state index in [0.29, 0.717) is 0 Å². The van der Waals surface area contributed by atoms with Crippen molar-refractivity contribution >= 4 is 12.4 Å². The first-order valence-corrected chi connectivity index (χ1v) is 1.21. The normalized spacial score (nSPS) is 6.67. The topological polar surface area (TPSA) is 38.9 Å². The number of rotatable bonds is 0. The van der Waals surface area contributed by atoms with Crippen LogP contribution in [0.4, 0.5) is 0 Å². The Balaban J connectivity index is 0.000000250. The van der Waals surface area contributed by atoms with Crippen molar-refractivity contribution in [3.8, 4) is 0 Å². The van der Waals surface area contributed by atoms with Crippen LogP contribution in [0.1, 0.15) is 0 Å². The predicted molar refractivity (Wildman–Crippen MR) is 21.5 cm³/mol. The van der Waals surface area contributed by atoms with E-state index in [0.717, 1.165) is 0 Å². The fourth-order valence-corrected chi connectivity index (χ4v) is 0.136. The van der Waals surface area contributed by atoms with Gasteiger partial charge in [0.15, 0.2) is 0 Å². The number of hydrogen-bond donors (Lipinski definition) is 0. The number of hydrogen-bond acceptors (Lipinski definition) is 3. The molecule has 0 fully saturated rings. The maximum absolute atomic E-state index is 4.08. The lowest BCUT2D eigenvalue weighted by Gasteiger charge is -1.45. The van der Waals surface area contributed by atoms with Crippen molar-refractivity contribution in [3.05, 3.63) is 12.4 Å². The molecular formula is C2H3ClN2O. The van der Waals surface area contributed by atoms with Crippen molar-refractivity contribution < 1.29 is 4.63 Å². The molecule has 0 bridgehead atoms. The lowest BCUT2D eigenvalue weighted by atomic mass is 11.0. The average Bonchev–Trinajstić information content (AvgIpc) is 1.76. The van der Waals surface area contributed by atoms with Gasteiger partial charge in [0.1, 0.15) is 0 Å². The minimum absolute atomic E-state index is 0. The van der Waals surface area contributed by atoms with E-state index < -0.39 is 0 Å². The smallest absolute Gasteiger partial charge is 0.0913 e. The Labute approximate surface area is 40.7 Å². The summed E-state index contributed by atoms with van der Waals surface area (Å²) in [5.74, 6) is 0. The van der Waals surface area contributed by atoms with Gasteiger partial charge in [0, 0.05) is 0 Å². The highest BCUT2D eigenvalue weighted by atomic mass is 35.5. The summed E-state index contributed by atoms with van der Waals surface area (Å²) in [6, 6.07) is 0. The molecular weight excluding hydrogens is 103 g/mol. The third-order valence-electron chi connectivity index (χ3n) is 0.283. The van der Waals surface area contributed by atoms with E-state index in [2.05, 4.69) is 14.9 Å². The molecule has 0 saturated carbocycles. The summed E-state index contributed by atoms with van der Waals surface area (Å²) >= 11 is 0. The largest absolute Gasteiger partial charge is 0.245 e. The van der Waals surface area contributed by atoms with Gasteiger partial charge in [-0.3, -0.25) is 0 Å². The molecule has 4 heteroatoms. The zero-order valence-electron chi connectivity index (χ0n) is 2.87. The van der Waals surface area contributed by atoms with Gasteiger partial charge in [-0.2, -0.15) is 0 Å². The standard InChI is InChI=1S/C2H2N2O.ClH/c1-2-4-5-3-1;/h1-2H;1H. The molecule has 1 aromatic heterocycles. The van der Waals surface area contributed by atoms with Crippen molar-refractivity contribution in [1.82, 2.24) is 10.3 Å². The zero-order valence-corrected chi connectivity index (χ0v) is 3.68. The van der Waals surface area contributed by atoms with E-state index in [9.17, 15) is 0 Å². The summed E-state index contributed by atoms with van der Waals surface area (Å²) in [6.07, 6.45) is 2.94. The molecule has 0 radical (unpaired) electrons. The van der Waals surface area contributed by atoms with Crippen LogP contribution in [0, 0.1) is 0 Å². The molecule has 0 N–H and O–H groups in total. The molecule has 0 atom stereocenters. The Kier molecular flexibility index (Phi) is 2.40. The molecule has 3 nitrogen and oxygen atoms in total. The summed E-state index contributed by atoms with van der Waals surface area (Å²) in [5.41, 5.74) is 0. The fraction of sp³-hybridized carbons (Fsp3) is 0. The maximum Gasteiger partial charge on any atom is 0.0913 e. The second kappa shape index (κ2) is 2.66. The van der Waals surface area contributed by atoms with E-state index >= 15 is 0 Å². The highest BCUT2D eigenvalue weighted by molar-refractivity contribution is 5.85. The summed E-state index contributed by atoms with van der Waals surface area (Å²) in [5, 5.41) is 6.47. The van der Waals surface area contributed by atoms with Crippen LogP contribution in [0.5, 0.6) is 0 Å². The Hall–Kier alpha value is -0.570. The molecule has 6 heavy (non-hydrogen) atoms. The van der Waals surface area contributed by atoms with Crippen molar-refractivity contribution in [2.75, 3.05) is 0 Å². The first kappa shape index (κ1) is 5.43. The van der Waals surface area contributed by atoms with Gasteiger partial charge in [0.25, 0.3) is 0 Å². The summed E-state index contributed by atoms with van der Waals surface area (Å²) in [7, 11) is 0. The Morgan fingerprint density at radius 1 is 1.17 bits per heavy atom. The van der Waals surface area contributed by atoms with Crippen LogP contribution < -0.4 is 0 Å². The van der Waals surface area contributed by atoms with Crippen LogP contribution in [-0.2, 0) is 0 Å². The van der Waals surface area contributed by atoms with Crippen molar-refractivity contribution in [2.45, 2.75) is 0 Å². The summed E-state index contributed by atoms with van der Waals surface area (Å²) in [4.78, 5) is 0. The molecule has 0 aliphatic heterocycles. The Bertz CT molecular complexity index is 68.0. The summed E-state index contributed by atoms with van der Waals surface area (Å²) < 4.78 is 4.08. The molecule has 1 heterocycles. The molecule has 0 spiro atoms. The van der Waals surface area contributed by atoms with Gasteiger partial charge >= 0.3 is 0 Å². The third kappa shape index (κ3) is 1.03. The monoisotopic (exact) mass is 106 g/mol. The van der Waals surface area contributed by atoms with Crippen LogP contribution in [0.15, 0.2) is 17.0 Å². The number of aromatic nitrogens is 2. The lowest BCUT2D eigenvalue weighted by Crippen LogP contribution is -1.44. The quantitative estimate of drug-likeness (QED) is 0.483. The maximum atomic E-state index is 4.08. The first-order chi connectivity index (χ1) is 2.50. The Morgan fingerprint density at radius 2 is 1.67 bits per heavy atom. The molecule has 1 rings (SSSR count). The molecule has 0 unspecified atom stereocenters. The minimum Gasteiger partial charge on any atom is -0.245 e. The van der Waals surface area contributed by atoms with E-state index in [1.54, 1.807) is 0 Å². The Morgan fingerprint density at radius 3 is 1.83 bits per heavy atom. The van der Waals surface area contributed by atoms with E-state index in [1.807, 2.05) is 0 Å². The van der Waals surface area contributed by atoms with Gasteiger partial charge in [-0.15, -0.1) is 12.4 Å². The van der Waals surface area contributed by atoms with Crippen molar-refractivity contribution in [3.63, 3.8) is 0 Å². The van der Waals surface area contributed by atoms with Crippen LogP contribution in [0.3, 0.4) is 0 Å². The predicted octanol–water partition coefficient (Wildman–Crippen LogP) is 0.491. The molecule has 0 saturated heterocycles. The highest BCUT2D eigenvalue weighted by Gasteiger charge is 1.61. The summed E-state index contributed by atoms with van der Waals surface area (Å²) in [6.45, 7) is 0. The van der Waals surface area contributed by atoms with Gasteiger partial charge in [-0.1, -0.05) is 10.3 Å². The molecule has 0 aromatic carbocycles. The first-order valence-electron chi connectivity index (χ1n) is 1.21. The van der Waals surface area contributed by atoms with Gasteiger partial charge < -0.3 is 0 Å². The van der Waals surface area contributed by atoms with Gasteiger partial charge in [-0.05, 0) is 0 Å².